The van der Waals surface area contributed by atoms with E-state index < -0.39 is 0 Å². The summed E-state index contributed by atoms with van der Waals surface area (Å²) in [6, 6.07) is 0.394. The molecule has 6 heteroatoms. The number of hydrogen-bond donors (Lipinski definition) is 3. The zero-order chi connectivity index (χ0) is 14.5. The van der Waals surface area contributed by atoms with Crippen molar-refractivity contribution in [2.45, 2.75) is 40.7 Å². The van der Waals surface area contributed by atoms with Crippen LogP contribution in [0.4, 0.5) is 11.8 Å². The third kappa shape index (κ3) is 1.74. The summed E-state index contributed by atoms with van der Waals surface area (Å²) in [7, 11) is 0. The Hall–Kier alpha value is -1.85. The third-order valence-electron chi connectivity index (χ3n) is 4.92. The van der Waals surface area contributed by atoms with E-state index in [1.807, 2.05) is 6.92 Å². The Bertz CT molecular complexity index is 628. The fraction of sp³-hybridized carbons (Fsp3) is 0.643. The standard InChI is InChI=1S/C14H22N6/c1-6-15-12-19-9-8(16-7-17-9)10(20-12)18-11-13(2,3)14(11,4)5/h7,11H,6H2,1-5H3,(H3,15,16,17,18,19,20). The molecule has 0 atom stereocenters. The lowest BCUT2D eigenvalue weighted by Crippen LogP contribution is -2.13. The highest BCUT2D eigenvalue weighted by Gasteiger charge is 2.65. The number of rotatable bonds is 4. The molecule has 2 heterocycles. The van der Waals surface area contributed by atoms with Gasteiger partial charge >= 0.3 is 0 Å². The minimum Gasteiger partial charge on any atom is -0.364 e. The van der Waals surface area contributed by atoms with E-state index in [0.717, 1.165) is 17.9 Å². The summed E-state index contributed by atoms with van der Waals surface area (Å²) in [5.74, 6) is 1.44. The van der Waals surface area contributed by atoms with Gasteiger partial charge in [0.1, 0.15) is 5.52 Å². The van der Waals surface area contributed by atoms with Crippen molar-refractivity contribution in [1.82, 2.24) is 19.9 Å². The zero-order valence-electron chi connectivity index (χ0n) is 12.7. The number of hydrogen-bond acceptors (Lipinski definition) is 5. The predicted octanol–water partition coefficient (Wildman–Crippen LogP) is 2.63. The number of aromatic amines is 1. The van der Waals surface area contributed by atoms with Gasteiger partial charge in [-0.15, -0.1) is 0 Å². The molecule has 2 aromatic heterocycles. The largest absolute Gasteiger partial charge is 0.364 e. The van der Waals surface area contributed by atoms with Crippen molar-refractivity contribution in [2.24, 2.45) is 10.8 Å². The van der Waals surface area contributed by atoms with Crippen LogP contribution in [-0.2, 0) is 0 Å². The Morgan fingerprint density at radius 2 is 1.90 bits per heavy atom. The first-order valence-electron chi connectivity index (χ1n) is 7.09. The molecule has 6 nitrogen and oxygen atoms in total. The molecular weight excluding hydrogens is 252 g/mol. The highest BCUT2D eigenvalue weighted by atomic mass is 15.2. The average molecular weight is 274 g/mol. The van der Waals surface area contributed by atoms with Gasteiger partial charge < -0.3 is 15.6 Å². The normalized spacial score (nSPS) is 20.1. The molecule has 20 heavy (non-hydrogen) atoms. The summed E-state index contributed by atoms with van der Waals surface area (Å²) in [6.07, 6.45) is 1.66. The fourth-order valence-corrected chi connectivity index (χ4v) is 2.87. The fourth-order valence-electron chi connectivity index (χ4n) is 2.87. The van der Waals surface area contributed by atoms with Crippen molar-refractivity contribution in [3.8, 4) is 0 Å². The quantitative estimate of drug-likeness (QED) is 0.798. The summed E-state index contributed by atoms with van der Waals surface area (Å²) in [5.41, 5.74) is 2.06. The molecule has 1 aliphatic rings. The van der Waals surface area contributed by atoms with Crippen LogP contribution < -0.4 is 10.6 Å². The maximum atomic E-state index is 4.57. The second-order valence-electron chi connectivity index (χ2n) is 6.55. The lowest BCUT2D eigenvalue weighted by molar-refractivity contribution is 0.457. The molecule has 1 aliphatic carbocycles. The molecule has 0 saturated heterocycles. The van der Waals surface area contributed by atoms with Gasteiger partial charge in [-0.05, 0) is 17.8 Å². The van der Waals surface area contributed by atoms with Crippen molar-refractivity contribution in [3.63, 3.8) is 0 Å². The van der Waals surface area contributed by atoms with Crippen LogP contribution in [0.3, 0.4) is 0 Å². The van der Waals surface area contributed by atoms with E-state index in [1.54, 1.807) is 6.33 Å². The minimum atomic E-state index is 0.253. The first kappa shape index (κ1) is 13.1. The van der Waals surface area contributed by atoms with Crippen LogP contribution in [0.25, 0.3) is 11.2 Å². The number of imidazole rings is 1. The Morgan fingerprint density at radius 3 is 2.50 bits per heavy atom. The molecule has 0 aliphatic heterocycles. The van der Waals surface area contributed by atoms with E-state index in [2.05, 4.69) is 58.3 Å². The van der Waals surface area contributed by atoms with Crippen molar-refractivity contribution < 1.29 is 0 Å². The van der Waals surface area contributed by atoms with Crippen molar-refractivity contribution >= 4 is 22.9 Å². The molecule has 0 spiro atoms. The molecular formula is C14H22N6. The van der Waals surface area contributed by atoms with Crippen molar-refractivity contribution in [1.29, 1.82) is 0 Å². The van der Waals surface area contributed by atoms with Crippen LogP contribution in [0.1, 0.15) is 34.6 Å². The first-order chi connectivity index (χ1) is 9.38. The second-order valence-corrected chi connectivity index (χ2v) is 6.55. The topological polar surface area (TPSA) is 78.5 Å². The molecule has 0 amide bonds. The maximum absolute atomic E-state index is 4.57. The molecule has 1 fully saturated rings. The van der Waals surface area contributed by atoms with Crippen LogP contribution in [0, 0.1) is 10.8 Å². The third-order valence-corrected chi connectivity index (χ3v) is 4.92. The Morgan fingerprint density at radius 1 is 1.20 bits per heavy atom. The number of nitrogens with zero attached hydrogens (tertiary/aromatic N) is 3. The van der Waals surface area contributed by atoms with Gasteiger partial charge in [0.15, 0.2) is 11.5 Å². The lowest BCUT2D eigenvalue weighted by atomic mass is 10.0. The highest BCUT2D eigenvalue weighted by Crippen LogP contribution is 2.63. The average Bonchev–Trinajstić information content (AvgIpc) is 2.75. The molecule has 3 N–H and O–H groups in total. The molecule has 0 radical (unpaired) electrons. The highest BCUT2D eigenvalue weighted by molar-refractivity contribution is 5.84. The molecule has 0 bridgehead atoms. The van der Waals surface area contributed by atoms with E-state index in [4.69, 9.17) is 0 Å². The number of anilines is 2. The van der Waals surface area contributed by atoms with Crippen molar-refractivity contribution in [3.05, 3.63) is 6.33 Å². The van der Waals surface area contributed by atoms with Crippen LogP contribution in [-0.4, -0.2) is 32.5 Å². The van der Waals surface area contributed by atoms with E-state index in [1.165, 1.54) is 0 Å². The van der Waals surface area contributed by atoms with E-state index in [9.17, 15) is 0 Å². The zero-order valence-corrected chi connectivity index (χ0v) is 12.7. The molecule has 108 valence electrons. The van der Waals surface area contributed by atoms with E-state index in [0.29, 0.717) is 17.6 Å². The van der Waals surface area contributed by atoms with Gasteiger partial charge in [-0.3, -0.25) is 0 Å². The van der Waals surface area contributed by atoms with Gasteiger partial charge in [-0.1, -0.05) is 27.7 Å². The Labute approximate surface area is 118 Å². The van der Waals surface area contributed by atoms with Crippen molar-refractivity contribution in [2.75, 3.05) is 17.2 Å². The monoisotopic (exact) mass is 274 g/mol. The summed E-state index contributed by atoms with van der Waals surface area (Å²) >= 11 is 0. The predicted molar refractivity (Wildman–Crippen MR) is 80.8 cm³/mol. The molecule has 0 aromatic carbocycles. The van der Waals surface area contributed by atoms with Crippen LogP contribution in [0.15, 0.2) is 6.33 Å². The van der Waals surface area contributed by atoms with Crippen LogP contribution in [0.2, 0.25) is 0 Å². The summed E-state index contributed by atoms with van der Waals surface area (Å²) in [6.45, 7) is 11.9. The Balaban J connectivity index is 1.97. The summed E-state index contributed by atoms with van der Waals surface area (Å²) in [5, 5.41) is 6.71. The smallest absolute Gasteiger partial charge is 0.226 e. The first-order valence-corrected chi connectivity index (χ1v) is 7.09. The Kier molecular flexibility index (Phi) is 2.68. The molecule has 0 unspecified atom stereocenters. The molecule has 3 rings (SSSR count). The van der Waals surface area contributed by atoms with Gasteiger partial charge in [0.05, 0.1) is 6.33 Å². The lowest BCUT2D eigenvalue weighted by Gasteiger charge is -2.10. The van der Waals surface area contributed by atoms with Gasteiger partial charge in [0.2, 0.25) is 5.95 Å². The van der Waals surface area contributed by atoms with Gasteiger partial charge in [0, 0.05) is 12.6 Å². The number of fused-ring (bicyclic) bond motifs is 1. The maximum Gasteiger partial charge on any atom is 0.226 e. The summed E-state index contributed by atoms with van der Waals surface area (Å²) in [4.78, 5) is 16.3. The minimum absolute atomic E-state index is 0.253. The van der Waals surface area contributed by atoms with Gasteiger partial charge in [-0.2, -0.15) is 9.97 Å². The van der Waals surface area contributed by atoms with E-state index in [-0.39, 0.29) is 10.8 Å². The van der Waals surface area contributed by atoms with E-state index >= 15 is 0 Å². The molecule has 1 saturated carbocycles. The van der Waals surface area contributed by atoms with Crippen LogP contribution >= 0.6 is 0 Å². The SMILES string of the molecule is CCNc1nc(NC2C(C)(C)C2(C)C)c2[nH]cnc2n1. The number of nitrogens with one attached hydrogen (secondary N) is 3. The molecule has 2 aromatic rings. The summed E-state index contributed by atoms with van der Waals surface area (Å²) < 4.78 is 0. The second kappa shape index (κ2) is 4.07. The number of aromatic nitrogens is 4. The number of H-pyrrole nitrogens is 1. The van der Waals surface area contributed by atoms with Crippen LogP contribution in [0.5, 0.6) is 0 Å². The van der Waals surface area contributed by atoms with Gasteiger partial charge in [-0.25, -0.2) is 4.98 Å². The van der Waals surface area contributed by atoms with Gasteiger partial charge in [0.25, 0.3) is 0 Å².